The summed E-state index contributed by atoms with van der Waals surface area (Å²) < 4.78 is 0. The van der Waals surface area contributed by atoms with Crippen molar-refractivity contribution in [2.45, 2.75) is 78.7 Å². The first-order valence-electron chi connectivity index (χ1n) is 12.9. The van der Waals surface area contributed by atoms with Crippen molar-refractivity contribution in [2.24, 2.45) is 11.8 Å². The van der Waals surface area contributed by atoms with Gasteiger partial charge >= 0.3 is 11.9 Å². The van der Waals surface area contributed by atoms with Crippen LogP contribution in [0.3, 0.4) is 0 Å². The van der Waals surface area contributed by atoms with Crippen LogP contribution in [0.15, 0.2) is 48.2 Å². The molecular weight excluding hydrogens is 456 g/mol. The van der Waals surface area contributed by atoms with Crippen LogP contribution in [0, 0.1) is 39.5 Å². The first-order valence-corrected chi connectivity index (χ1v) is 12.9. The van der Waals surface area contributed by atoms with Crippen molar-refractivity contribution in [2.75, 3.05) is 0 Å². The van der Waals surface area contributed by atoms with E-state index in [2.05, 4.69) is 6.08 Å². The average molecular weight is 493 g/mol. The molecule has 192 valence electrons. The van der Waals surface area contributed by atoms with Gasteiger partial charge < -0.3 is 0 Å². The van der Waals surface area contributed by atoms with Gasteiger partial charge in [0.2, 0.25) is 0 Å². The van der Waals surface area contributed by atoms with Gasteiger partial charge in [0.25, 0.3) is 0 Å². The molecular formula is C30H36O6. The van der Waals surface area contributed by atoms with Crippen LogP contribution in [0.1, 0.15) is 87.9 Å². The number of hydrogen-bond donors (Lipinski definition) is 0. The molecule has 1 unspecified atom stereocenters. The molecule has 0 N–H and O–H groups in total. The minimum Gasteiger partial charge on any atom is -0.293 e. The van der Waals surface area contributed by atoms with Crippen LogP contribution in [0.5, 0.6) is 0 Å². The monoisotopic (exact) mass is 492 g/mol. The third-order valence-electron chi connectivity index (χ3n) is 7.51. The fourth-order valence-electron chi connectivity index (χ4n) is 5.19. The van der Waals surface area contributed by atoms with Crippen LogP contribution < -0.4 is 0 Å². The van der Waals surface area contributed by atoms with E-state index in [4.69, 9.17) is 19.6 Å². The van der Waals surface area contributed by atoms with E-state index in [9.17, 15) is 9.59 Å². The van der Waals surface area contributed by atoms with Gasteiger partial charge in [-0.2, -0.15) is 4.89 Å². The molecule has 2 aromatic carbocycles. The quantitative estimate of drug-likeness (QED) is 0.305. The molecule has 4 rings (SSSR count). The Balaban J connectivity index is 1.18. The number of carbonyl (C=O) groups excluding carboxylic acids is 2. The Morgan fingerprint density at radius 1 is 0.722 bits per heavy atom. The maximum Gasteiger partial charge on any atom is 0.386 e. The molecule has 6 heteroatoms. The largest absolute Gasteiger partial charge is 0.386 e. The molecule has 1 fully saturated rings. The summed E-state index contributed by atoms with van der Waals surface area (Å²) in [5.41, 5.74) is 4.85. The van der Waals surface area contributed by atoms with Gasteiger partial charge in [0, 0.05) is 6.42 Å². The highest BCUT2D eigenvalue weighted by atomic mass is 17.2. The van der Waals surface area contributed by atoms with Crippen molar-refractivity contribution in [1.29, 1.82) is 0 Å². The smallest absolute Gasteiger partial charge is 0.293 e. The zero-order valence-electron chi connectivity index (χ0n) is 21.7. The van der Waals surface area contributed by atoms with E-state index in [-0.39, 0.29) is 6.10 Å². The molecule has 2 aliphatic rings. The summed E-state index contributed by atoms with van der Waals surface area (Å²) in [6.07, 6.45) is 8.51. The van der Waals surface area contributed by atoms with Gasteiger partial charge in [0.1, 0.15) is 6.10 Å². The predicted octanol–water partition coefficient (Wildman–Crippen LogP) is 7.04. The Hall–Kier alpha value is -3.12. The van der Waals surface area contributed by atoms with Gasteiger partial charge in [0.05, 0.1) is 11.1 Å². The third kappa shape index (κ3) is 6.55. The molecule has 1 atom stereocenters. The molecule has 1 saturated carbocycles. The van der Waals surface area contributed by atoms with E-state index in [1.54, 1.807) is 0 Å². The molecule has 0 amide bonds. The van der Waals surface area contributed by atoms with E-state index in [1.165, 1.54) is 0 Å². The van der Waals surface area contributed by atoms with Crippen molar-refractivity contribution in [3.05, 3.63) is 81.6 Å². The molecule has 0 aliphatic heterocycles. The van der Waals surface area contributed by atoms with Crippen molar-refractivity contribution < 1.29 is 29.1 Å². The number of aryl methyl sites for hydroxylation is 4. The molecule has 6 nitrogen and oxygen atoms in total. The maximum atomic E-state index is 12.4. The molecule has 0 bridgehead atoms. The summed E-state index contributed by atoms with van der Waals surface area (Å²) in [4.78, 5) is 46.0. The van der Waals surface area contributed by atoms with Crippen molar-refractivity contribution in [1.82, 2.24) is 0 Å². The highest BCUT2D eigenvalue weighted by Crippen LogP contribution is 2.39. The number of benzene rings is 2. The number of hydrogen-bond acceptors (Lipinski definition) is 6. The minimum atomic E-state index is -0.462. The fraction of sp³-hybridized carbons (Fsp3) is 0.467. The van der Waals surface area contributed by atoms with Gasteiger partial charge in [-0.1, -0.05) is 35.4 Å². The molecule has 0 heterocycles. The van der Waals surface area contributed by atoms with Crippen LogP contribution in [-0.4, -0.2) is 18.0 Å². The zero-order chi connectivity index (χ0) is 25.7. The lowest BCUT2D eigenvalue weighted by molar-refractivity contribution is -0.281. The van der Waals surface area contributed by atoms with Crippen molar-refractivity contribution in [3.8, 4) is 0 Å². The lowest BCUT2D eigenvalue weighted by atomic mass is 9.74. The van der Waals surface area contributed by atoms with Gasteiger partial charge in [-0.05, 0) is 107 Å². The molecule has 0 aromatic heterocycles. The van der Waals surface area contributed by atoms with Crippen LogP contribution in [0.4, 0.5) is 0 Å². The first kappa shape index (κ1) is 26.0. The van der Waals surface area contributed by atoms with E-state index in [1.807, 2.05) is 64.1 Å². The molecule has 0 saturated heterocycles. The summed E-state index contributed by atoms with van der Waals surface area (Å²) in [5, 5.41) is 0. The highest BCUT2D eigenvalue weighted by Gasteiger charge is 2.31. The Labute approximate surface area is 213 Å². The fourth-order valence-corrected chi connectivity index (χ4v) is 5.19. The van der Waals surface area contributed by atoms with Gasteiger partial charge in [-0.3, -0.25) is 9.78 Å². The lowest BCUT2D eigenvalue weighted by Crippen LogP contribution is -2.28. The lowest BCUT2D eigenvalue weighted by Gasteiger charge is -2.34. The predicted molar refractivity (Wildman–Crippen MR) is 136 cm³/mol. The second-order valence-electron chi connectivity index (χ2n) is 10.3. The minimum absolute atomic E-state index is 0.0576. The van der Waals surface area contributed by atoms with Gasteiger partial charge in [-0.15, -0.1) is 0 Å². The average Bonchev–Trinajstić information content (AvgIpc) is 2.89. The molecule has 2 aliphatic carbocycles. The Morgan fingerprint density at radius 3 is 1.86 bits per heavy atom. The van der Waals surface area contributed by atoms with E-state index in [0.717, 1.165) is 73.0 Å². The topological polar surface area (TPSA) is 71.1 Å². The summed E-state index contributed by atoms with van der Waals surface area (Å²) >= 11 is 0. The summed E-state index contributed by atoms with van der Waals surface area (Å²) in [5.74, 6) is 1.01. The summed E-state index contributed by atoms with van der Waals surface area (Å²) in [7, 11) is 0. The highest BCUT2D eigenvalue weighted by molar-refractivity contribution is 5.91. The van der Waals surface area contributed by atoms with E-state index >= 15 is 0 Å². The van der Waals surface area contributed by atoms with Crippen molar-refractivity contribution in [3.63, 3.8) is 0 Å². The second kappa shape index (κ2) is 11.7. The molecule has 2 aromatic rings. The number of carbonyl (C=O) groups is 2. The molecule has 0 spiro atoms. The Kier molecular flexibility index (Phi) is 8.47. The van der Waals surface area contributed by atoms with Crippen molar-refractivity contribution >= 4 is 11.9 Å². The normalized spacial score (nSPS) is 21.9. The number of allylic oxidation sites excluding steroid dienone is 2. The maximum absolute atomic E-state index is 12.4. The number of rotatable bonds is 7. The van der Waals surface area contributed by atoms with Gasteiger partial charge in [0.15, 0.2) is 5.76 Å². The van der Waals surface area contributed by atoms with Gasteiger partial charge in [-0.25, -0.2) is 14.5 Å². The molecule has 36 heavy (non-hydrogen) atoms. The first-order chi connectivity index (χ1) is 17.3. The van der Waals surface area contributed by atoms with E-state index < -0.39 is 11.9 Å². The Bertz CT molecular complexity index is 1130. The second-order valence-corrected chi connectivity index (χ2v) is 10.3. The third-order valence-corrected chi connectivity index (χ3v) is 7.51. The van der Waals surface area contributed by atoms with Crippen LogP contribution in [-0.2, 0) is 19.6 Å². The summed E-state index contributed by atoms with van der Waals surface area (Å²) in [6.45, 7) is 7.67. The van der Waals surface area contributed by atoms with Crippen LogP contribution >= 0.6 is 0 Å². The van der Waals surface area contributed by atoms with Crippen LogP contribution in [0.25, 0.3) is 0 Å². The van der Waals surface area contributed by atoms with Crippen LogP contribution in [0.2, 0.25) is 0 Å². The zero-order valence-corrected chi connectivity index (χ0v) is 21.7. The SMILES string of the molecule is Cc1ccc(C)c(C(=O)OOC2=CCC(C3CCC(OOC(=O)c4cc(C)ccc4C)CC3)CC2)c1. The Morgan fingerprint density at radius 2 is 1.31 bits per heavy atom. The molecule has 0 radical (unpaired) electrons. The summed E-state index contributed by atoms with van der Waals surface area (Å²) in [6, 6.07) is 11.4. The van der Waals surface area contributed by atoms with E-state index in [0.29, 0.717) is 23.0 Å². The standard InChI is InChI=1S/C30H36O6/c1-19-5-7-21(3)27(17-19)29(31)35-33-25-13-9-23(10-14-25)24-11-15-26(16-12-24)34-36-30(32)28-18-20(2)6-8-22(28)4/h5-8,13,17-18,23-24,26H,9-12,14-16H2,1-4H3.